The Morgan fingerprint density at radius 3 is 2.54 bits per heavy atom. The number of carbonyl (C=O) groups excluding carboxylic acids is 2. The Balaban J connectivity index is 1.31. The maximum atomic E-state index is 12.1. The number of rotatable bonds is 5. The van der Waals surface area contributed by atoms with Crippen molar-refractivity contribution in [3.63, 3.8) is 0 Å². The van der Waals surface area contributed by atoms with E-state index in [0.29, 0.717) is 29.4 Å². The van der Waals surface area contributed by atoms with Crippen molar-refractivity contribution < 1.29 is 19.1 Å². The first-order valence-corrected chi connectivity index (χ1v) is 8.52. The van der Waals surface area contributed by atoms with E-state index in [0.717, 1.165) is 18.4 Å². The SMILES string of the molecule is O=C(NCc1ccc2c(c1)OCO2)Nc1cccc(NC(=O)C2CC2)c1. The Morgan fingerprint density at radius 2 is 1.73 bits per heavy atom. The number of urea groups is 1. The number of fused-ring (bicyclic) bond motifs is 1. The molecular weight excluding hydrogens is 334 g/mol. The van der Waals surface area contributed by atoms with Crippen molar-refractivity contribution in [1.82, 2.24) is 5.32 Å². The molecule has 0 radical (unpaired) electrons. The fourth-order valence-corrected chi connectivity index (χ4v) is 2.67. The van der Waals surface area contributed by atoms with Crippen LogP contribution in [0.2, 0.25) is 0 Å². The summed E-state index contributed by atoms with van der Waals surface area (Å²) in [6.07, 6.45) is 1.90. The van der Waals surface area contributed by atoms with Gasteiger partial charge in [0.2, 0.25) is 12.7 Å². The number of ether oxygens (including phenoxy) is 2. The molecule has 3 N–H and O–H groups in total. The van der Waals surface area contributed by atoms with Gasteiger partial charge in [-0.3, -0.25) is 4.79 Å². The third-order valence-corrected chi connectivity index (χ3v) is 4.23. The van der Waals surface area contributed by atoms with Crippen LogP contribution in [0.25, 0.3) is 0 Å². The van der Waals surface area contributed by atoms with E-state index in [1.54, 1.807) is 24.3 Å². The molecule has 2 aromatic rings. The lowest BCUT2D eigenvalue weighted by atomic mass is 10.2. The van der Waals surface area contributed by atoms with Crippen LogP contribution in [0, 0.1) is 5.92 Å². The van der Waals surface area contributed by atoms with Gasteiger partial charge >= 0.3 is 6.03 Å². The quantitative estimate of drug-likeness (QED) is 0.771. The maximum absolute atomic E-state index is 12.1. The number of carbonyl (C=O) groups is 2. The molecule has 1 aliphatic carbocycles. The first kappa shape index (κ1) is 16.3. The van der Waals surface area contributed by atoms with Gasteiger partial charge in [0.05, 0.1) is 0 Å². The Morgan fingerprint density at radius 1 is 0.962 bits per heavy atom. The maximum Gasteiger partial charge on any atom is 0.319 e. The van der Waals surface area contributed by atoms with E-state index < -0.39 is 0 Å². The number of hydrogen-bond donors (Lipinski definition) is 3. The predicted octanol–water partition coefficient (Wildman–Crippen LogP) is 3.09. The van der Waals surface area contributed by atoms with Crippen molar-refractivity contribution in [3.8, 4) is 11.5 Å². The van der Waals surface area contributed by atoms with Crippen LogP contribution in [-0.2, 0) is 11.3 Å². The minimum Gasteiger partial charge on any atom is -0.454 e. The van der Waals surface area contributed by atoms with Gasteiger partial charge in [-0.05, 0) is 48.7 Å². The summed E-state index contributed by atoms with van der Waals surface area (Å²) in [6.45, 7) is 0.584. The van der Waals surface area contributed by atoms with E-state index in [4.69, 9.17) is 9.47 Å². The Kier molecular flexibility index (Phi) is 4.35. The van der Waals surface area contributed by atoms with Gasteiger partial charge < -0.3 is 25.4 Å². The highest BCUT2D eigenvalue weighted by Gasteiger charge is 2.29. The zero-order chi connectivity index (χ0) is 17.9. The summed E-state index contributed by atoms with van der Waals surface area (Å²) in [5, 5.41) is 8.42. The summed E-state index contributed by atoms with van der Waals surface area (Å²) in [5.74, 6) is 1.57. The lowest BCUT2D eigenvalue weighted by Gasteiger charge is -2.10. The number of hydrogen-bond acceptors (Lipinski definition) is 4. The lowest BCUT2D eigenvalue weighted by Crippen LogP contribution is -2.28. The van der Waals surface area contributed by atoms with Crippen LogP contribution in [0.3, 0.4) is 0 Å². The number of nitrogens with one attached hydrogen (secondary N) is 3. The largest absolute Gasteiger partial charge is 0.454 e. The van der Waals surface area contributed by atoms with Crippen molar-refractivity contribution in [3.05, 3.63) is 48.0 Å². The Bertz CT molecular complexity index is 848. The van der Waals surface area contributed by atoms with Crippen LogP contribution < -0.4 is 25.4 Å². The van der Waals surface area contributed by atoms with E-state index in [1.165, 1.54) is 0 Å². The monoisotopic (exact) mass is 353 g/mol. The van der Waals surface area contributed by atoms with E-state index in [2.05, 4.69) is 16.0 Å². The molecule has 4 rings (SSSR count). The third-order valence-electron chi connectivity index (χ3n) is 4.23. The highest BCUT2D eigenvalue weighted by atomic mass is 16.7. The second kappa shape index (κ2) is 6.95. The molecule has 1 heterocycles. The average Bonchev–Trinajstić information content (AvgIpc) is 3.38. The zero-order valence-electron chi connectivity index (χ0n) is 14.1. The van der Waals surface area contributed by atoms with Crippen LogP contribution in [0.15, 0.2) is 42.5 Å². The summed E-state index contributed by atoms with van der Waals surface area (Å²) in [4.78, 5) is 23.9. The Labute approximate surface area is 150 Å². The van der Waals surface area contributed by atoms with E-state index in [9.17, 15) is 9.59 Å². The molecule has 1 fully saturated rings. The summed E-state index contributed by atoms with van der Waals surface area (Å²) in [6, 6.07) is 12.3. The van der Waals surface area contributed by atoms with Crippen molar-refractivity contribution in [2.24, 2.45) is 5.92 Å². The molecule has 1 aliphatic heterocycles. The molecule has 2 aromatic carbocycles. The first-order valence-electron chi connectivity index (χ1n) is 8.52. The van der Waals surface area contributed by atoms with E-state index in [-0.39, 0.29) is 24.6 Å². The average molecular weight is 353 g/mol. The molecule has 7 nitrogen and oxygen atoms in total. The predicted molar refractivity (Wildman–Crippen MR) is 96.2 cm³/mol. The van der Waals surface area contributed by atoms with Crippen LogP contribution in [0.5, 0.6) is 11.5 Å². The van der Waals surface area contributed by atoms with Crippen molar-refractivity contribution in [1.29, 1.82) is 0 Å². The lowest BCUT2D eigenvalue weighted by molar-refractivity contribution is -0.117. The number of amides is 3. The molecule has 26 heavy (non-hydrogen) atoms. The molecular formula is C19H19N3O4. The standard InChI is InChI=1S/C19H19N3O4/c23-18(13-5-6-13)21-14-2-1-3-15(9-14)22-19(24)20-10-12-4-7-16-17(8-12)26-11-25-16/h1-4,7-9,13H,5-6,10-11H2,(H,21,23)(H2,20,22,24). The highest BCUT2D eigenvalue weighted by molar-refractivity contribution is 5.95. The van der Waals surface area contributed by atoms with Crippen molar-refractivity contribution >= 4 is 23.3 Å². The van der Waals surface area contributed by atoms with Crippen molar-refractivity contribution in [2.75, 3.05) is 17.4 Å². The number of benzene rings is 2. The normalized spacial score (nSPS) is 14.6. The fourth-order valence-electron chi connectivity index (χ4n) is 2.67. The molecule has 0 aromatic heterocycles. The van der Waals surface area contributed by atoms with E-state index in [1.807, 2.05) is 18.2 Å². The van der Waals surface area contributed by atoms with Crippen LogP contribution >= 0.6 is 0 Å². The fraction of sp³-hybridized carbons (Fsp3) is 0.263. The molecule has 2 aliphatic rings. The van der Waals surface area contributed by atoms with Gasteiger partial charge in [-0.1, -0.05) is 12.1 Å². The van der Waals surface area contributed by atoms with Gasteiger partial charge in [-0.2, -0.15) is 0 Å². The summed E-state index contributed by atoms with van der Waals surface area (Å²) >= 11 is 0. The van der Waals surface area contributed by atoms with E-state index >= 15 is 0 Å². The molecule has 7 heteroatoms. The molecule has 1 saturated carbocycles. The molecule has 0 unspecified atom stereocenters. The number of anilines is 2. The van der Waals surface area contributed by atoms with Gasteiger partial charge in [-0.25, -0.2) is 4.79 Å². The summed E-state index contributed by atoms with van der Waals surface area (Å²) in [5.41, 5.74) is 2.20. The molecule has 3 amide bonds. The smallest absolute Gasteiger partial charge is 0.319 e. The topological polar surface area (TPSA) is 88.7 Å². The minimum absolute atomic E-state index is 0.0365. The van der Waals surface area contributed by atoms with Crippen LogP contribution in [-0.4, -0.2) is 18.7 Å². The Hall–Kier alpha value is -3.22. The van der Waals surface area contributed by atoms with Gasteiger partial charge in [0.1, 0.15) is 0 Å². The second-order valence-corrected chi connectivity index (χ2v) is 6.34. The summed E-state index contributed by atoms with van der Waals surface area (Å²) in [7, 11) is 0. The molecule has 0 bridgehead atoms. The first-order chi connectivity index (χ1) is 12.7. The third kappa shape index (κ3) is 3.88. The van der Waals surface area contributed by atoms with Crippen LogP contribution in [0.1, 0.15) is 18.4 Å². The zero-order valence-corrected chi connectivity index (χ0v) is 14.1. The molecule has 134 valence electrons. The highest BCUT2D eigenvalue weighted by Crippen LogP contribution is 2.32. The minimum atomic E-state index is -0.326. The van der Waals surface area contributed by atoms with Gasteiger partial charge in [0.15, 0.2) is 11.5 Å². The second-order valence-electron chi connectivity index (χ2n) is 6.34. The molecule has 0 saturated heterocycles. The van der Waals surface area contributed by atoms with Gasteiger partial charge in [0, 0.05) is 23.8 Å². The summed E-state index contributed by atoms with van der Waals surface area (Å²) < 4.78 is 10.6. The van der Waals surface area contributed by atoms with Gasteiger partial charge in [0.25, 0.3) is 0 Å². The molecule has 0 atom stereocenters. The van der Waals surface area contributed by atoms with Crippen LogP contribution in [0.4, 0.5) is 16.2 Å². The van der Waals surface area contributed by atoms with Gasteiger partial charge in [-0.15, -0.1) is 0 Å². The molecule has 0 spiro atoms. The van der Waals surface area contributed by atoms with Crippen molar-refractivity contribution in [2.45, 2.75) is 19.4 Å².